The summed E-state index contributed by atoms with van der Waals surface area (Å²) in [6, 6.07) is 9.24. The third-order valence-corrected chi connectivity index (χ3v) is 5.05. The Morgan fingerprint density at radius 3 is 2.46 bits per heavy atom. The Bertz CT molecular complexity index is 632. The maximum atomic E-state index is 12.6. The number of hydrogen-bond donors (Lipinski definition) is 1. The van der Waals surface area contributed by atoms with E-state index in [1.54, 1.807) is 0 Å². The second kappa shape index (κ2) is 7.13. The van der Waals surface area contributed by atoms with Crippen LogP contribution in [-0.4, -0.2) is 46.9 Å². The molecule has 0 saturated carbocycles. The highest BCUT2D eigenvalue weighted by Gasteiger charge is 2.46. The highest BCUT2D eigenvalue weighted by atomic mass is 16.2. The molecule has 0 bridgehead atoms. The molecule has 0 aromatic heterocycles. The van der Waals surface area contributed by atoms with Crippen molar-refractivity contribution in [3.05, 3.63) is 35.9 Å². The van der Waals surface area contributed by atoms with Gasteiger partial charge in [-0.2, -0.15) is 0 Å². The minimum atomic E-state index is -0.715. The van der Waals surface area contributed by atoms with E-state index >= 15 is 0 Å². The van der Waals surface area contributed by atoms with Crippen LogP contribution in [0.2, 0.25) is 0 Å². The van der Waals surface area contributed by atoms with Crippen LogP contribution in [0.5, 0.6) is 0 Å². The zero-order valence-electron chi connectivity index (χ0n) is 14.0. The molecular formula is C18H24N3O3+. The van der Waals surface area contributed by atoms with Crippen LogP contribution in [-0.2, 0) is 16.1 Å². The number of likely N-dealkylation sites (tertiary alicyclic amines) is 1. The van der Waals surface area contributed by atoms with Crippen molar-refractivity contribution in [1.29, 1.82) is 0 Å². The Kier molecular flexibility index (Phi) is 4.94. The van der Waals surface area contributed by atoms with E-state index in [2.05, 4.69) is 6.92 Å². The lowest BCUT2D eigenvalue weighted by atomic mass is 10.0. The number of nitrogens with one attached hydrogen (secondary N) is 1. The van der Waals surface area contributed by atoms with Gasteiger partial charge in [0.15, 0.2) is 6.67 Å². The number of nitrogens with zero attached hydrogens (tertiary/aromatic N) is 2. The van der Waals surface area contributed by atoms with E-state index in [0.29, 0.717) is 12.7 Å². The van der Waals surface area contributed by atoms with Crippen LogP contribution >= 0.6 is 0 Å². The van der Waals surface area contributed by atoms with E-state index < -0.39 is 17.8 Å². The van der Waals surface area contributed by atoms with Crippen LogP contribution in [0.1, 0.15) is 38.2 Å². The monoisotopic (exact) mass is 330 g/mol. The summed E-state index contributed by atoms with van der Waals surface area (Å²) in [5.74, 6) is -1.41. The van der Waals surface area contributed by atoms with E-state index in [4.69, 9.17) is 0 Å². The summed E-state index contributed by atoms with van der Waals surface area (Å²) in [6.07, 6.45) is 4.43. The SMILES string of the molecule is CC[C@@H]1CCCC[NH+]1CN1C(=O)C(=O)N(Cc2ccccc2)C1=O. The third kappa shape index (κ3) is 3.19. The number of hydrogen-bond acceptors (Lipinski definition) is 3. The third-order valence-electron chi connectivity index (χ3n) is 5.05. The summed E-state index contributed by atoms with van der Waals surface area (Å²) in [7, 11) is 0. The number of rotatable bonds is 5. The molecule has 0 spiro atoms. The van der Waals surface area contributed by atoms with E-state index in [9.17, 15) is 14.4 Å². The van der Waals surface area contributed by atoms with Crippen molar-refractivity contribution in [2.45, 2.75) is 45.2 Å². The van der Waals surface area contributed by atoms with Crippen LogP contribution in [0.4, 0.5) is 4.79 Å². The molecule has 1 unspecified atom stereocenters. The molecule has 2 saturated heterocycles. The Hall–Kier alpha value is -2.21. The van der Waals surface area contributed by atoms with Gasteiger partial charge >= 0.3 is 17.8 Å². The molecule has 1 aromatic carbocycles. The van der Waals surface area contributed by atoms with Crippen molar-refractivity contribution in [3.63, 3.8) is 0 Å². The Morgan fingerprint density at radius 2 is 1.75 bits per heavy atom. The predicted octanol–water partition coefficient (Wildman–Crippen LogP) is 0.782. The summed E-state index contributed by atoms with van der Waals surface area (Å²) in [5, 5.41) is 0. The van der Waals surface area contributed by atoms with Crippen molar-refractivity contribution in [3.8, 4) is 0 Å². The topological polar surface area (TPSA) is 62.1 Å². The zero-order valence-corrected chi connectivity index (χ0v) is 14.0. The highest BCUT2D eigenvalue weighted by Crippen LogP contribution is 2.15. The number of imide groups is 2. The summed E-state index contributed by atoms with van der Waals surface area (Å²) in [6.45, 7) is 3.53. The molecule has 1 N–H and O–H groups in total. The fraction of sp³-hybridized carbons (Fsp3) is 0.500. The molecule has 6 nitrogen and oxygen atoms in total. The smallest absolute Gasteiger partial charge is 0.315 e. The lowest BCUT2D eigenvalue weighted by Crippen LogP contribution is -3.18. The van der Waals surface area contributed by atoms with Crippen molar-refractivity contribution < 1.29 is 19.3 Å². The number of carbonyl (C=O) groups is 3. The molecule has 128 valence electrons. The molecule has 2 aliphatic rings. The average Bonchev–Trinajstić information content (AvgIpc) is 2.81. The molecule has 2 atom stereocenters. The van der Waals surface area contributed by atoms with Gasteiger partial charge in [-0.15, -0.1) is 0 Å². The van der Waals surface area contributed by atoms with Gasteiger partial charge in [-0.1, -0.05) is 37.3 Å². The molecule has 1 aromatic rings. The van der Waals surface area contributed by atoms with Gasteiger partial charge in [0, 0.05) is 0 Å². The van der Waals surface area contributed by atoms with E-state index in [1.165, 1.54) is 11.3 Å². The standard InChI is InChI=1S/C18H23N3O3/c1-2-15-10-6-7-11-19(15)13-21-17(23)16(22)20(18(21)24)12-14-8-4-3-5-9-14/h3-5,8-9,15H,2,6-7,10-13H2,1H3/p+1/t15-/m1/s1. The quantitative estimate of drug-likeness (QED) is 0.641. The first-order chi connectivity index (χ1) is 11.6. The van der Waals surface area contributed by atoms with E-state index in [1.807, 2.05) is 30.3 Å². The summed E-state index contributed by atoms with van der Waals surface area (Å²) in [5.41, 5.74) is 0.839. The molecule has 0 radical (unpaired) electrons. The van der Waals surface area contributed by atoms with Gasteiger partial charge < -0.3 is 4.90 Å². The molecule has 6 heteroatoms. The predicted molar refractivity (Wildman–Crippen MR) is 87.9 cm³/mol. The normalized spacial score (nSPS) is 24.8. The number of carbonyl (C=O) groups excluding carboxylic acids is 3. The summed E-state index contributed by atoms with van der Waals surface area (Å²) < 4.78 is 0. The number of benzene rings is 1. The van der Waals surface area contributed by atoms with Gasteiger partial charge in [0.05, 0.1) is 19.1 Å². The van der Waals surface area contributed by atoms with Crippen molar-refractivity contribution >= 4 is 17.8 Å². The van der Waals surface area contributed by atoms with Gasteiger partial charge in [0.25, 0.3) is 0 Å². The molecule has 2 fully saturated rings. The second-order valence-electron chi connectivity index (χ2n) is 6.56. The lowest BCUT2D eigenvalue weighted by Gasteiger charge is -2.33. The fourth-order valence-corrected chi connectivity index (χ4v) is 3.65. The van der Waals surface area contributed by atoms with Crippen LogP contribution in [0, 0.1) is 0 Å². The fourth-order valence-electron chi connectivity index (χ4n) is 3.65. The molecular weight excluding hydrogens is 306 g/mol. The van der Waals surface area contributed by atoms with Crippen molar-refractivity contribution in [2.24, 2.45) is 0 Å². The van der Waals surface area contributed by atoms with E-state index in [0.717, 1.165) is 41.2 Å². The van der Waals surface area contributed by atoms with Crippen molar-refractivity contribution in [2.75, 3.05) is 13.2 Å². The van der Waals surface area contributed by atoms with Crippen LogP contribution in [0.3, 0.4) is 0 Å². The van der Waals surface area contributed by atoms with Crippen LogP contribution < -0.4 is 4.90 Å². The molecule has 24 heavy (non-hydrogen) atoms. The minimum Gasteiger partial charge on any atom is -0.315 e. The first kappa shape index (κ1) is 16.6. The van der Waals surface area contributed by atoms with Gasteiger partial charge in [0.1, 0.15) is 0 Å². The molecule has 3 rings (SSSR count). The lowest BCUT2D eigenvalue weighted by molar-refractivity contribution is -0.937. The summed E-state index contributed by atoms with van der Waals surface area (Å²) >= 11 is 0. The van der Waals surface area contributed by atoms with Gasteiger partial charge in [-0.05, 0) is 31.2 Å². The maximum absolute atomic E-state index is 12.6. The second-order valence-corrected chi connectivity index (χ2v) is 6.56. The zero-order chi connectivity index (χ0) is 17.1. The van der Waals surface area contributed by atoms with Gasteiger partial charge in [0.2, 0.25) is 0 Å². The largest absolute Gasteiger partial charge is 0.339 e. The van der Waals surface area contributed by atoms with Gasteiger partial charge in [-0.25, -0.2) is 9.69 Å². The molecule has 4 amide bonds. The van der Waals surface area contributed by atoms with Crippen LogP contribution in [0.25, 0.3) is 0 Å². The first-order valence-electron chi connectivity index (χ1n) is 8.67. The average molecular weight is 330 g/mol. The number of quaternary nitrogens is 1. The minimum absolute atomic E-state index is 0.146. The number of piperidine rings is 1. The molecule has 2 heterocycles. The highest BCUT2D eigenvalue weighted by molar-refractivity contribution is 6.44. The maximum Gasteiger partial charge on any atom is 0.339 e. The number of urea groups is 1. The Morgan fingerprint density at radius 1 is 1.04 bits per heavy atom. The van der Waals surface area contributed by atoms with Crippen molar-refractivity contribution in [1.82, 2.24) is 9.80 Å². The summed E-state index contributed by atoms with van der Waals surface area (Å²) in [4.78, 5) is 40.5. The van der Waals surface area contributed by atoms with E-state index in [-0.39, 0.29) is 6.54 Å². The first-order valence-corrected chi connectivity index (χ1v) is 8.67. The number of amides is 4. The van der Waals surface area contributed by atoms with Crippen LogP contribution in [0.15, 0.2) is 30.3 Å². The molecule has 2 aliphatic heterocycles. The Balaban J connectivity index is 1.71. The molecule has 0 aliphatic carbocycles. The van der Waals surface area contributed by atoms with Gasteiger partial charge in [-0.3, -0.25) is 14.5 Å². The Labute approximate surface area is 142 Å².